The average molecular weight is 290 g/mol. The van der Waals surface area contributed by atoms with Crippen LogP contribution in [0.1, 0.15) is 44.7 Å². The van der Waals surface area contributed by atoms with E-state index < -0.39 is 6.04 Å². The Bertz CT molecular complexity index is 691. The number of benzene rings is 1. The summed E-state index contributed by atoms with van der Waals surface area (Å²) < 4.78 is 15.3. The van der Waals surface area contributed by atoms with Crippen LogP contribution in [0.2, 0.25) is 0 Å². The number of aromatic nitrogens is 2. The first-order valence-corrected chi connectivity index (χ1v) is 7.08. The van der Waals surface area contributed by atoms with E-state index in [0.717, 1.165) is 5.56 Å². The molecule has 0 amide bonds. The molecule has 0 aliphatic rings. The summed E-state index contributed by atoms with van der Waals surface area (Å²) in [6.07, 6.45) is 2.68. The Hall–Kier alpha value is -2.04. The minimum absolute atomic E-state index is 0.0254. The van der Waals surface area contributed by atoms with Crippen molar-refractivity contribution in [3.8, 4) is 0 Å². The Morgan fingerprint density at radius 1 is 1.38 bits per heavy atom. The summed E-state index contributed by atoms with van der Waals surface area (Å²) in [7, 11) is 0. The van der Waals surface area contributed by atoms with Crippen LogP contribution in [0.4, 0.5) is 4.39 Å². The fraction of sp³-hybridized carbons (Fsp3) is 0.438. The Kier molecular flexibility index (Phi) is 4.50. The molecule has 1 heterocycles. The largest absolute Gasteiger partial charge is 0.320 e. The first-order chi connectivity index (χ1) is 9.93. The predicted molar refractivity (Wildman–Crippen MR) is 78.7 cm³/mol. The van der Waals surface area contributed by atoms with Gasteiger partial charge in [0, 0.05) is 12.8 Å². The maximum Gasteiger partial charge on any atom is 0.155 e. The molecule has 2 rings (SSSR count). The number of fused-ring (bicyclic) bond motifs is 1. The third-order valence-corrected chi connectivity index (χ3v) is 3.66. The third-order valence-electron chi connectivity index (χ3n) is 3.66. The molecule has 0 bridgehead atoms. The van der Waals surface area contributed by atoms with Gasteiger partial charge in [-0.2, -0.15) is 0 Å². The van der Waals surface area contributed by atoms with E-state index in [9.17, 15) is 14.0 Å². The number of ketones is 2. The number of Topliss-reactive ketones (excluding diaryl/α,β-unsaturated/α-hetero) is 2. The standard InChI is InChI=1S/C16H19FN2O2/c1-4-15(21)13(6-5-11(3)20)19-9-18-16-10(2)7-12(17)8-14(16)19/h7-9,13H,4-6H2,1-3H3. The average Bonchev–Trinajstić information content (AvgIpc) is 2.82. The van der Waals surface area contributed by atoms with E-state index in [0.29, 0.717) is 30.3 Å². The van der Waals surface area contributed by atoms with Crippen LogP contribution in [0.5, 0.6) is 0 Å². The van der Waals surface area contributed by atoms with Gasteiger partial charge in [-0.3, -0.25) is 4.79 Å². The fourth-order valence-corrected chi connectivity index (χ4v) is 2.54. The summed E-state index contributed by atoms with van der Waals surface area (Å²) in [6, 6.07) is 2.34. The zero-order chi connectivity index (χ0) is 15.6. The van der Waals surface area contributed by atoms with Crippen LogP contribution < -0.4 is 0 Å². The molecule has 1 unspecified atom stereocenters. The smallest absolute Gasteiger partial charge is 0.155 e. The lowest BCUT2D eigenvalue weighted by molar-refractivity contribution is -0.122. The third kappa shape index (κ3) is 3.17. The second kappa shape index (κ2) is 6.16. The molecule has 0 radical (unpaired) electrons. The van der Waals surface area contributed by atoms with Gasteiger partial charge >= 0.3 is 0 Å². The highest BCUT2D eigenvalue weighted by Crippen LogP contribution is 2.26. The lowest BCUT2D eigenvalue weighted by atomic mass is 10.0. The van der Waals surface area contributed by atoms with Crippen LogP contribution in [0.15, 0.2) is 18.5 Å². The van der Waals surface area contributed by atoms with E-state index in [1.54, 1.807) is 24.7 Å². The monoisotopic (exact) mass is 290 g/mol. The molecule has 0 saturated heterocycles. The minimum Gasteiger partial charge on any atom is -0.320 e. The number of nitrogens with zero attached hydrogens (tertiary/aromatic N) is 2. The van der Waals surface area contributed by atoms with E-state index in [1.165, 1.54) is 19.1 Å². The molecule has 4 nitrogen and oxygen atoms in total. The van der Waals surface area contributed by atoms with Crippen LogP contribution in [0.25, 0.3) is 11.0 Å². The fourth-order valence-electron chi connectivity index (χ4n) is 2.54. The topological polar surface area (TPSA) is 52.0 Å². The van der Waals surface area contributed by atoms with Crippen molar-refractivity contribution in [2.45, 2.75) is 46.1 Å². The van der Waals surface area contributed by atoms with Gasteiger partial charge in [-0.05, 0) is 38.0 Å². The van der Waals surface area contributed by atoms with E-state index in [4.69, 9.17) is 0 Å². The maximum atomic E-state index is 13.6. The molecule has 0 spiro atoms. The van der Waals surface area contributed by atoms with Crippen LogP contribution in [-0.2, 0) is 9.59 Å². The molecule has 1 aromatic carbocycles. The van der Waals surface area contributed by atoms with Gasteiger partial charge in [0.25, 0.3) is 0 Å². The molecule has 5 heteroatoms. The molecule has 1 atom stereocenters. The van der Waals surface area contributed by atoms with E-state index in [1.807, 2.05) is 0 Å². The second-order valence-electron chi connectivity index (χ2n) is 5.32. The van der Waals surface area contributed by atoms with E-state index >= 15 is 0 Å². The van der Waals surface area contributed by atoms with E-state index in [-0.39, 0.29) is 17.4 Å². The highest BCUT2D eigenvalue weighted by molar-refractivity contribution is 5.87. The lowest BCUT2D eigenvalue weighted by Crippen LogP contribution is -2.19. The van der Waals surface area contributed by atoms with Crippen LogP contribution in [0, 0.1) is 12.7 Å². The lowest BCUT2D eigenvalue weighted by Gasteiger charge is -2.17. The molecule has 0 aliphatic heterocycles. The number of aryl methyl sites for hydroxylation is 1. The molecule has 0 N–H and O–H groups in total. The molecular weight excluding hydrogens is 271 g/mol. The molecule has 0 saturated carbocycles. The summed E-state index contributed by atoms with van der Waals surface area (Å²) in [5, 5.41) is 0. The summed E-state index contributed by atoms with van der Waals surface area (Å²) in [5.74, 6) is -0.288. The maximum absolute atomic E-state index is 13.6. The van der Waals surface area contributed by atoms with Gasteiger partial charge in [0.1, 0.15) is 11.6 Å². The molecule has 2 aromatic rings. The predicted octanol–water partition coefficient (Wildman–Crippen LogP) is 3.37. The van der Waals surface area contributed by atoms with Gasteiger partial charge in [0.2, 0.25) is 0 Å². The number of halogens is 1. The van der Waals surface area contributed by atoms with Gasteiger partial charge in [-0.1, -0.05) is 6.92 Å². The molecule has 1 aromatic heterocycles. The van der Waals surface area contributed by atoms with Crippen molar-refractivity contribution in [1.82, 2.24) is 9.55 Å². The molecule has 112 valence electrons. The van der Waals surface area contributed by atoms with Crippen LogP contribution in [0.3, 0.4) is 0 Å². The zero-order valence-corrected chi connectivity index (χ0v) is 12.5. The molecule has 0 aliphatic carbocycles. The minimum atomic E-state index is -0.468. The number of rotatable bonds is 6. The van der Waals surface area contributed by atoms with Gasteiger partial charge in [0.15, 0.2) is 5.78 Å². The molecular formula is C16H19FN2O2. The highest BCUT2D eigenvalue weighted by atomic mass is 19.1. The van der Waals surface area contributed by atoms with Crippen molar-refractivity contribution in [1.29, 1.82) is 0 Å². The first kappa shape index (κ1) is 15.4. The molecule has 21 heavy (non-hydrogen) atoms. The van der Waals surface area contributed by atoms with Crippen molar-refractivity contribution < 1.29 is 14.0 Å². The van der Waals surface area contributed by atoms with Gasteiger partial charge in [-0.15, -0.1) is 0 Å². The molecule has 0 fully saturated rings. The van der Waals surface area contributed by atoms with Crippen LogP contribution in [-0.4, -0.2) is 21.1 Å². The van der Waals surface area contributed by atoms with Crippen molar-refractivity contribution in [3.63, 3.8) is 0 Å². The van der Waals surface area contributed by atoms with Crippen molar-refractivity contribution in [2.24, 2.45) is 0 Å². The van der Waals surface area contributed by atoms with Gasteiger partial charge in [0.05, 0.1) is 23.4 Å². The zero-order valence-electron chi connectivity index (χ0n) is 12.5. The second-order valence-corrected chi connectivity index (χ2v) is 5.32. The Morgan fingerprint density at radius 2 is 2.10 bits per heavy atom. The summed E-state index contributed by atoms with van der Waals surface area (Å²) >= 11 is 0. The highest BCUT2D eigenvalue weighted by Gasteiger charge is 2.22. The summed E-state index contributed by atoms with van der Waals surface area (Å²) in [4.78, 5) is 27.7. The summed E-state index contributed by atoms with van der Waals surface area (Å²) in [6.45, 7) is 5.08. The number of carbonyl (C=O) groups excluding carboxylic acids is 2. The Labute approximate surface area is 123 Å². The Balaban J connectivity index is 2.49. The number of hydrogen-bond donors (Lipinski definition) is 0. The Morgan fingerprint density at radius 3 is 2.71 bits per heavy atom. The normalized spacial score (nSPS) is 12.6. The van der Waals surface area contributed by atoms with Crippen molar-refractivity contribution >= 4 is 22.6 Å². The van der Waals surface area contributed by atoms with Crippen LogP contribution >= 0.6 is 0 Å². The van der Waals surface area contributed by atoms with E-state index in [2.05, 4.69) is 4.98 Å². The summed E-state index contributed by atoms with van der Waals surface area (Å²) in [5.41, 5.74) is 2.02. The number of carbonyl (C=O) groups is 2. The van der Waals surface area contributed by atoms with Gasteiger partial charge < -0.3 is 9.36 Å². The van der Waals surface area contributed by atoms with Crippen molar-refractivity contribution in [3.05, 3.63) is 29.8 Å². The number of hydrogen-bond acceptors (Lipinski definition) is 3. The first-order valence-electron chi connectivity index (χ1n) is 7.08. The number of imidazole rings is 1. The van der Waals surface area contributed by atoms with Crippen molar-refractivity contribution in [2.75, 3.05) is 0 Å². The quantitative estimate of drug-likeness (QED) is 0.819. The SMILES string of the molecule is CCC(=O)C(CCC(C)=O)n1cnc2c(C)cc(F)cc21. The van der Waals surface area contributed by atoms with Gasteiger partial charge in [-0.25, -0.2) is 9.37 Å².